The maximum atomic E-state index is 12.4. The first kappa shape index (κ1) is 16.0. The highest BCUT2D eigenvalue weighted by Crippen LogP contribution is 2.17. The van der Waals surface area contributed by atoms with Crippen LogP contribution in [0.5, 0.6) is 0 Å². The van der Waals surface area contributed by atoms with Crippen LogP contribution in [0.25, 0.3) is 10.9 Å². The van der Waals surface area contributed by atoms with Crippen molar-refractivity contribution in [2.75, 3.05) is 6.54 Å². The summed E-state index contributed by atoms with van der Waals surface area (Å²) in [5.74, 6) is 1.38. The molecule has 0 saturated carbocycles. The lowest BCUT2D eigenvalue weighted by Crippen LogP contribution is -2.30. The lowest BCUT2D eigenvalue weighted by atomic mass is 10.1. The van der Waals surface area contributed by atoms with Gasteiger partial charge in [0.05, 0.1) is 16.9 Å². The van der Waals surface area contributed by atoms with E-state index in [1.807, 2.05) is 6.92 Å². The fraction of sp³-hybridized carbons (Fsp3) is 0.500. The Balaban J connectivity index is 2.35. The summed E-state index contributed by atoms with van der Waals surface area (Å²) in [5.41, 5.74) is 0.613. The first-order valence-electron chi connectivity index (χ1n) is 7.29. The summed E-state index contributed by atoms with van der Waals surface area (Å²) in [7, 11) is 1.76. The van der Waals surface area contributed by atoms with E-state index in [1.54, 1.807) is 29.8 Å². The quantitative estimate of drug-likeness (QED) is 0.922. The highest BCUT2D eigenvalue weighted by Gasteiger charge is 2.14. The van der Waals surface area contributed by atoms with E-state index in [0.717, 1.165) is 18.8 Å². The van der Waals surface area contributed by atoms with Crippen molar-refractivity contribution in [3.63, 3.8) is 0 Å². The number of fused-ring (bicyclic) bond motifs is 1. The lowest BCUT2D eigenvalue weighted by Gasteiger charge is -2.17. The van der Waals surface area contributed by atoms with Gasteiger partial charge in [0, 0.05) is 12.1 Å². The van der Waals surface area contributed by atoms with Crippen LogP contribution >= 0.6 is 11.6 Å². The highest BCUT2D eigenvalue weighted by molar-refractivity contribution is 6.31. The number of nitrogens with zero attached hydrogens (tertiary/aromatic N) is 2. The first-order chi connectivity index (χ1) is 9.90. The third-order valence-electron chi connectivity index (χ3n) is 3.63. The summed E-state index contributed by atoms with van der Waals surface area (Å²) in [6.45, 7) is 7.32. The molecule has 0 aliphatic carbocycles. The number of aromatic nitrogens is 2. The maximum absolute atomic E-state index is 12.4. The van der Waals surface area contributed by atoms with Gasteiger partial charge >= 0.3 is 0 Å². The Morgan fingerprint density at radius 3 is 2.71 bits per heavy atom. The predicted octanol–water partition coefficient (Wildman–Crippen LogP) is 3.28. The number of hydrogen-bond acceptors (Lipinski definition) is 3. The zero-order chi connectivity index (χ0) is 15.6. The summed E-state index contributed by atoms with van der Waals surface area (Å²) in [6, 6.07) is 5.21. The molecule has 4 nitrogen and oxygen atoms in total. The van der Waals surface area contributed by atoms with Gasteiger partial charge in [0.2, 0.25) is 0 Å². The van der Waals surface area contributed by atoms with E-state index in [-0.39, 0.29) is 11.6 Å². The molecule has 114 valence electrons. The molecule has 0 radical (unpaired) electrons. The third kappa shape index (κ3) is 3.63. The van der Waals surface area contributed by atoms with Crippen LogP contribution in [0.1, 0.15) is 39.1 Å². The van der Waals surface area contributed by atoms with E-state index in [9.17, 15) is 4.79 Å². The number of nitrogens with one attached hydrogen (secondary N) is 1. The molecule has 0 amide bonds. The van der Waals surface area contributed by atoms with E-state index in [4.69, 9.17) is 11.6 Å². The predicted molar refractivity (Wildman–Crippen MR) is 87.9 cm³/mol. The second-order valence-corrected chi connectivity index (χ2v) is 6.29. The van der Waals surface area contributed by atoms with Crippen molar-refractivity contribution in [3.8, 4) is 0 Å². The van der Waals surface area contributed by atoms with Crippen LogP contribution < -0.4 is 10.9 Å². The van der Waals surface area contributed by atoms with Crippen molar-refractivity contribution >= 4 is 22.5 Å². The Labute approximate surface area is 130 Å². The molecule has 1 aromatic carbocycles. The van der Waals surface area contributed by atoms with Gasteiger partial charge in [-0.15, -0.1) is 0 Å². The fourth-order valence-corrected chi connectivity index (χ4v) is 2.49. The van der Waals surface area contributed by atoms with E-state index in [1.165, 1.54) is 0 Å². The zero-order valence-corrected chi connectivity index (χ0v) is 13.7. The van der Waals surface area contributed by atoms with Crippen LogP contribution in [0.15, 0.2) is 23.0 Å². The molecule has 1 heterocycles. The summed E-state index contributed by atoms with van der Waals surface area (Å²) in [6.07, 6.45) is 1.09. The van der Waals surface area contributed by atoms with Gasteiger partial charge in [0.25, 0.3) is 5.56 Å². The first-order valence-corrected chi connectivity index (χ1v) is 7.67. The molecule has 1 unspecified atom stereocenters. The molecule has 0 bridgehead atoms. The van der Waals surface area contributed by atoms with Crippen LogP contribution in [0, 0.1) is 5.92 Å². The average Bonchev–Trinajstić information content (AvgIpc) is 2.42. The molecule has 2 aromatic rings. The Hall–Kier alpha value is -1.39. The average molecular weight is 308 g/mol. The fourth-order valence-electron chi connectivity index (χ4n) is 2.33. The van der Waals surface area contributed by atoms with Gasteiger partial charge in [0.15, 0.2) is 0 Å². The van der Waals surface area contributed by atoms with E-state index in [0.29, 0.717) is 21.8 Å². The van der Waals surface area contributed by atoms with Gasteiger partial charge in [-0.05, 0) is 44.0 Å². The monoisotopic (exact) mass is 307 g/mol. The summed E-state index contributed by atoms with van der Waals surface area (Å²) in [4.78, 5) is 17.0. The number of rotatable bonds is 5. The van der Waals surface area contributed by atoms with Crippen LogP contribution in [0.2, 0.25) is 5.02 Å². The van der Waals surface area contributed by atoms with E-state index >= 15 is 0 Å². The zero-order valence-electron chi connectivity index (χ0n) is 13.0. The summed E-state index contributed by atoms with van der Waals surface area (Å²) in [5, 5.41) is 4.61. The van der Waals surface area contributed by atoms with Crippen LogP contribution in [-0.4, -0.2) is 16.1 Å². The Morgan fingerprint density at radius 2 is 2.05 bits per heavy atom. The van der Waals surface area contributed by atoms with Crippen LogP contribution in [0.4, 0.5) is 0 Å². The second kappa shape index (κ2) is 6.58. The van der Waals surface area contributed by atoms with E-state index < -0.39 is 0 Å². The Morgan fingerprint density at radius 1 is 1.33 bits per heavy atom. The minimum atomic E-state index is -0.0378. The molecule has 1 aromatic heterocycles. The standard InChI is InChI=1S/C16H22ClN3O/c1-10(2)7-8-18-11(3)15-19-14-9-12(17)5-6-13(14)16(21)20(15)4/h5-6,9-11,18H,7-8H2,1-4H3. The van der Waals surface area contributed by atoms with Crippen molar-refractivity contribution in [2.24, 2.45) is 13.0 Å². The van der Waals surface area contributed by atoms with Gasteiger partial charge in [-0.25, -0.2) is 4.98 Å². The Bertz CT molecular complexity index is 694. The molecule has 21 heavy (non-hydrogen) atoms. The van der Waals surface area contributed by atoms with Gasteiger partial charge in [-0.2, -0.15) is 0 Å². The maximum Gasteiger partial charge on any atom is 0.261 e. The largest absolute Gasteiger partial charge is 0.308 e. The smallest absolute Gasteiger partial charge is 0.261 e. The normalized spacial score (nSPS) is 13.0. The lowest BCUT2D eigenvalue weighted by molar-refractivity contribution is 0.473. The topological polar surface area (TPSA) is 46.9 Å². The van der Waals surface area contributed by atoms with E-state index in [2.05, 4.69) is 24.1 Å². The van der Waals surface area contributed by atoms with Crippen molar-refractivity contribution < 1.29 is 0 Å². The molecule has 1 N–H and O–H groups in total. The van der Waals surface area contributed by atoms with Crippen LogP contribution in [-0.2, 0) is 7.05 Å². The third-order valence-corrected chi connectivity index (χ3v) is 3.87. The van der Waals surface area contributed by atoms with Crippen LogP contribution in [0.3, 0.4) is 0 Å². The number of halogens is 1. The van der Waals surface area contributed by atoms with Gasteiger partial charge < -0.3 is 5.32 Å². The van der Waals surface area contributed by atoms with Crippen molar-refractivity contribution in [1.29, 1.82) is 0 Å². The molecule has 0 aliphatic heterocycles. The summed E-state index contributed by atoms with van der Waals surface area (Å²) >= 11 is 6.00. The SMILES string of the molecule is CC(C)CCNC(C)c1nc2cc(Cl)ccc2c(=O)n1C. The molecule has 2 rings (SSSR count). The minimum absolute atomic E-state index is 0.0184. The highest BCUT2D eigenvalue weighted by atomic mass is 35.5. The van der Waals surface area contributed by atoms with Gasteiger partial charge in [-0.3, -0.25) is 9.36 Å². The molecule has 0 saturated heterocycles. The van der Waals surface area contributed by atoms with Gasteiger partial charge in [0.1, 0.15) is 5.82 Å². The van der Waals surface area contributed by atoms with Crippen molar-refractivity contribution in [3.05, 3.63) is 39.4 Å². The van der Waals surface area contributed by atoms with Gasteiger partial charge in [-0.1, -0.05) is 25.4 Å². The molecular formula is C16H22ClN3O. The van der Waals surface area contributed by atoms with Crippen molar-refractivity contribution in [2.45, 2.75) is 33.2 Å². The molecular weight excluding hydrogens is 286 g/mol. The van der Waals surface area contributed by atoms with Crippen molar-refractivity contribution in [1.82, 2.24) is 14.9 Å². The minimum Gasteiger partial charge on any atom is -0.308 e. The second-order valence-electron chi connectivity index (χ2n) is 5.85. The molecule has 5 heteroatoms. The number of benzene rings is 1. The number of hydrogen-bond donors (Lipinski definition) is 1. The Kier molecular flexibility index (Phi) is 5.01. The summed E-state index contributed by atoms with van der Waals surface area (Å²) < 4.78 is 1.61. The molecule has 1 atom stereocenters. The molecule has 0 spiro atoms. The molecule has 0 aliphatic rings. The molecule has 0 fully saturated rings.